The first-order chi connectivity index (χ1) is 6.63. The van der Waals surface area contributed by atoms with Crippen molar-refractivity contribution in [2.75, 3.05) is 19.5 Å². The Morgan fingerprint density at radius 2 is 2.14 bits per heavy atom. The van der Waals surface area contributed by atoms with E-state index in [0.717, 1.165) is 11.3 Å². The van der Waals surface area contributed by atoms with Crippen molar-refractivity contribution in [2.24, 2.45) is 0 Å². The van der Waals surface area contributed by atoms with Gasteiger partial charge in [-0.15, -0.1) is 0 Å². The van der Waals surface area contributed by atoms with E-state index in [2.05, 4.69) is 0 Å². The molecule has 2 N–H and O–H groups in total. The average Bonchev–Trinajstić information content (AvgIpc) is 2.19. The van der Waals surface area contributed by atoms with E-state index in [-0.39, 0.29) is 6.10 Å². The summed E-state index contributed by atoms with van der Waals surface area (Å²) >= 11 is 0. The molecule has 0 aromatic heterocycles. The molecule has 0 aliphatic heterocycles. The Bertz CT molecular complexity index is 299. The number of nitrogens with two attached hydrogens (primary N) is 1. The molecule has 14 heavy (non-hydrogen) atoms. The van der Waals surface area contributed by atoms with Gasteiger partial charge in [-0.3, -0.25) is 0 Å². The van der Waals surface area contributed by atoms with Crippen LogP contribution in [0.1, 0.15) is 12.5 Å². The Morgan fingerprint density at radius 3 is 2.79 bits per heavy atom. The lowest BCUT2D eigenvalue weighted by molar-refractivity contribution is 0.0719. The molecule has 0 saturated heterocycles. The number of methoxy groups -OCH3 is 1. The highest BCUT2D eigenvalue weighted by atomic mass is 16.5. The first-order valence-electron chi connectivity index (χ1n) is 4.65. The fraction of sp³-hybridized carbons (Fsp3) is 0.455. The minimum atomic E-state index is 0.0786. The van der Waals surface area contributed by atoms with Gasteiger partial charge >= 0.3 is 0 Å². The maximum absolute atomic E-state index is 5.75. The zero-order chi connectivity index (χ0) is 10.6. The van der Waals surface area contributed by atoms with E-state index < -0.39 is 0 Å². The van der Waals surface area contributed by atoms with Crippen LogP contribution in [0.5, 0.6) is 5.75 Å². The van der Waals surface area contributed by atoms with Gasteiger partial charge in [0.15, 0.2) is 0 Å². The number of hydrogen-bond donors (Lipinski definition) is 1. The van der Waals surface area contributed by atoms with Crippen LogP contribution in [0.15, 0.2) is 18.2 Å². The van der Waals surface area contributed by atoms with Crippen LogP contribution in [-0.4, -0.2) is 19.8 Å². The fourth-order valence-electron chi connectivity index (χ4n) is 1.04. The van der Waals surface area contributed by atoms with Crippen molar-refractivity contribution in [1.29, 1.82) is 0 Å². The molecule has 0 aliphatic rings. The van der Waals surface area contributed by atoms with Gasteiger partial charge < -0.3 is 15.2 Å². The molecule has 1 unspecified atom stereocenters. The van der Waals surface area contributed by atoms with E-state index in [9.17, 15) is 0 Å². The lowest BCUT2D eigenvalue weighted by atomic mass is 10.2. The van der Waals surface area contributed by atoms with E-state index in [1.54, 1.807) is 7.11 Å². The lowest BCUT2D eigenvalue weighted by Crippen LogP contribution is -2.16. The largest absolute Gasteiger partial charge is 0.489 e. The van der Waals surface area contributed by atoms with Gasteiger partial charge in [-0.2, -0.15) is 0 Å². The van der Waals surface area contributed by atoms with Crippen molar-refractivity contribution in [3.8, 4) is 5.75 Å². The molecular formula is C11H17NO2. The summed E-state index contributed by atoms with van der Waals surface area (Å²) in [5, 5.41) is 0. The molecule has 1 aromatic carbocycles. The number of benzene rings is 1. The number of hydrogen-bond acceptors (Lipinski definition) is 3. The van der Waals surface area contributed by atoms with Gasteiger partial charge in [0.2, 0.25) is 0 Å². The van der Waals surface area contributed by atoms with E-state index in [4.69, 9.17) is 15.2 Å². The smallest absolute Gasteiger partial charge is 0.142 e. The number of ether oxygens (including phenoxy) is 2. The highest BCUT2D eigenvalue weighted by Gasteiger charge is 2.03. The summed E-state index contributed by atoms with van der Waals surface area (Å²) in [7, 11) is 1.66. The minimum Gasteiger partial charge on any atom is -0.489 e. The Balaban J connectivity index is 2.62. The Kier molecular flexibility index (Phi) is 3.77. The van der Waals surface area contributed by atoms with Gasteiger partial charge in [0, 0.05) is 7.11 Å². The van der Waals surface area contributed by atoms with Gasteiger partial charge in [-0.1, -0.05) is 6.07 Å². The van der Waals surface area contributed by atoms with Crippen LogP contribution >= 0.6 is 0 Å². The van der Waals surface area contributed by atoms with E-state index in [0.29, 0.717) is 12.3 Å². The second-order valence-corrected chi connectivity index (χ2v) is 3.40. The van der Waals surface area contributed by atoms with E-state index in [1.165, 1.54) is 0 Å². The molecule has 3 nitrogen and oxygen atoms in total. The standard InChI is InChI=1S/C11H17NO2/c1-8-4-5-10(12)11(6-8)14-7-9(2)13-3/h4-6,9H,7,12H2,1-3H3. The fourth-order valence-corrected chi connectivity index (χ4v) is 1.04. The number of aryl methyl sites for hydroxylation is 1. The van der Waals surface area contributed by atoms with Crippen molar-refractivity contribution in [1.82, 2.24) is 0 Å². The number of nitrogen functional groups attached to an aromatic ring is 1. The van der Waals surface area contributed by atoms with Crippen LogP contribution in [0.2, 0.25) is 0 Å². The first-order valence-corrected chi connectivity index (χ1v) is 4.65. The molecule has 0 heterocycles. The van der Waals surface area contributed by atoms with Crippen LogP contribution in [0.3, 0.4) is 0 Å². The summed E-state index contributed by atoms with van der Waals surface area (Å²) in [6, 6.07) is 5.74. The molecule has 0 fully saturated rings. The van der Waals surface area contributed by atoms with Crippen molar-refractivity contribution in [3.05, 3.63) is 23.8 Å². The Morgan fingerprint density at radius 1 is 1.43 bits per heavy atom. The maximum atomic E-state index is 5.75. The third-order valence-electron chi connectivity index (χ3n) is 2.04. The highest BCUT2D eigenvalue weighted by molar-refractivity contribution is 5.53. The van der Waals surface area contributed by atoms with Crippen LogP contribution < -0.4 is 10.5 Å². The quantitative estimate of drug-likeness (QED) is 0.747. The summed E-state index contributed by atoms with van der Waals surface area (Å²) in [6.07, 6.45) is 0.0786. The first kappa shape index (κ1) is 10.9. The van der Waals surface area contributed by atoms with Crippen molar-refractivity contribution < 1.29 is 9.47 Å². The van der Waals surface area contributed by atoms with E-state index in [1.807, 2.05) is 32.0 Å². The third kappa shape index (κ3) is 2.92. The molecule has 1 aromatic rings. The molecule has 0 bridgehead atoms. The molecule has 0 spiro atoms. The van der Waals surface area contributed by atoms with Crippen LogP contribution in [0.25, 0.3) is 0 Å². The molecule has 3 heteroatoms. The Hall–Kier alpha value is -1.22. The molecule has 0 amide bonds. The Labute approximate surface area is 84.8 Å². The normalized spacial score (nSPS) is 12.5. The van der Waals surface area contributed by atoms with Gasteiger partial charge in [0.1, 0.15) is 12.4 Å². The maximum Gasteiger partial charge on any atom is 0.142 e. The summed E-state index contributed by atoms with van der Waals surface area (Å²) in [6.45, 7) is 4.47. The van der Waals surface area contributed by atoms with Crippen LogP contribution in [0, 0.1) is 6.92 Å². The van der Waals surface area contributed by atoms with Gasteiger partial charge in [-0.25, -0.2) is 0 Å². The zero-order valence-electron chi connectivity index (χ0n) is 8.91. The molecule has 1 atom stereocenters. The van der Waals surface area contributed by atoms with Crippen molar-refractivity contribution in [3.63, 3.8) is 0 Å². The SMILES string of the molecule is COC(C)COc1cc(C)ccc1N. The summed E-state index contributed by atoms with van der Waals surface area (Å²) in [4.78, 5) is 0. The van der Waals surface area contributed by atoms with Crippen molar-refractivity contribution >= 4 is 5.69 Å². The zero-order valence-corrected chi connectivity index (χ0v) is 8.91. The lowest BCUT2D eigenvalue weighted by Gasteiger charge is -2.13. The monoisotopic (exact) mass is 195 g/mol. The van der Waals surface area contributed by atoms with E-state index >= 15 is 0 Å². The van der Waals surface area contributed by atoms with Gasteiger partial charge in [-0.05, 0) is 31.5 Å². The molecule has 0 saturated carbocycles. The second-order valence-electron chi connectivity index (χ2n) is 3.40. The molecule has 1 rings (SSSR count). The molecule has 0 aliphatic carbocycles. The van der Waals surface area contributed by atoms with Gasteiger partial charge in [0.05, 0.1) is 11.8 Å². The average molecular weight is 195 g/mol. The second kappa shape index (κ2) is 4.86. The van der Waals surface area contributed by atoms with Crippen molar-refractivity contribution in [2.45, 2.75) is 20.0 Å². The topological polar surface area (TPSA) is 44.5 Å². The number of rotatable bonds is 4. The summed E-state index contributed by atoms with van der Waals surface area (Å²) in [5.41, 5.74) is 7.56. The predicted molar refractivity (Wildman–Crippen MR) is 57.6 cm³/mol. The number of anilines is 1. The minimum absolute atomic E-state index is 0.0786. The highest BCUT2D eigenvalue weighted by Crippen LogP contribution is 2.22. The summed E-state index contributed by atoms with van der Waals surface area (Å²) in [5.74, 6) is 0.730. The van der Waals surface area contributed by atoms with Gasteiger partial charge in [0.25, 0.3) is 0 Å². The predicted octanol–water partition coefficient (Wildman–Crippen LogP) is 1.99. The third-order valence-corrected chi connectivity index (χ3v) is 2.04. The molecule has 0 radical (unpaired) electrons. The van der Waals surface area contributed by atoms with Crippen LogP contribution in [0.4, 0.5) is 5.69 Å². The van der Waals surface area contributed by atoms with Crippen LogP contribution in [-0.2, 0) is 4.74 Å². The molecule has 78 valence electrons. The summed E-state index contributed by atoms with van der Waals surface area (Å²) < 4.78 is 10.6. The molecular weight excluding hydrogens is 178 g/mol.